The van der Waals surface area contributed by atoms with E-state index in [2.05, 4.69) is 20.8 Å². The summed E-state index contributed by atoms with van der Waals surface area (Å²) in [6.45, 7) is 0. The lowest BCUT2D eigenvalue weighted by Crippen LogP contribution is -2.15. The van der Waals surface area contributed by atoms with Crippen molar-refractivity contribution in [3.8, 4) is 11.8 Å². The van der Waals surface area contributed by atoms with Gasteiger partial charge in [-0.2, -0.15) is 9.94 Å². The van der Waals surface area contributed by atoms with Crippen molar-refractivity contribution in [2.75, 3.05) is 11.1 Å². The first-order valence-electron chi connectivity index (χ1n) is 8.04. The van der Waals surface area contributed by atoms with Gasteiger partial charge in [-0.15, -0.1) is 5.10 Å². The Morgan fingerprint density at radius 1 is 1.29 bits per heavy atom. The van der Waals surface area contributed by atoms with Gasteiger partial charge in [0.2, 0.25) is 16.8 Å². The van der Waals surface area contributed by atoms with Crippen molar-refractivity contribution in [3.05, 3.63) is 60.1 Å². The zero-order valence-electron chi connectivity index (χ0n) is 14.2. The summed E-state index contributed by atoms with van der Waals surface area (Å²) in [6, 6.07) is 14.8. The van der Waals surface area contributed by atoms with Gasteiger partial charge in [0.25, 0.3) is 0 Å². The van der Waals surface area contributed by atoms with Crippen LogP contribution in [0.2, 0.25) is 0 Å². The summed E-state index contributed by atoms with van der Waals surface area (Å²) in [6.07, 6.45) is 0. The standard InChI is InChI=1S/C18H11FN6O2S/c19-11-4-3-5-12(8-11)25-18(22-23-24-25)28-10-16(26)21-17-13-6-1-2-7-14(13)27-15(17)9-20/h1-8H,10H2,(H,21,26). The fourth-order valence-electron chi connectivity index (χ4n) is 2.59. The van der Waals surface area contributed by atoms with Crippen molar-refractivity contribution in [3.63, 3.8) is 0 Å². The molecule has 8 nitrogen and oxygen atoms in total. The molecule has 4 rings (SSSR count). The number of nitrogens with one attached hydrogen (secondary N) is 1. The molecule has 0 saturated heterocycles. The van der Waals surface area contributed by atoms with Gasteiger partial charge in [-0.1, -0.05) is 30.0 Å². The van der Waals surface area contributed by atoms with Crippen molar-refractivity contribution >= 4 is 34.3 Å². The Hall–Kier alpha value is -3.71. The van der Waals surface area contributed by atoms with Crippen LogP contribution in [0.4, 0.5) is 10.1 Å². The SMILES string of the molecule is N#Cc1oc2ccccc2c1NC(=O)CSc1nnnn1-c1cccc(F)c1. The number of halogens is 1. The Kier molecular flexibility index (Phi) is 4.74. The molecule has 138 valence electrons. The highest BCUT2D eigenvalue weighted by molar-refractivity contribution is 7.99. The quantitative estimate of drug-likeness (QED) is 0.518. The maximum absolute atomic E-state index is 13.4. The molecule has 0 atom stereocenters. The smallest absolute Gasteiger partial charge is 0.234 e. The van der Waals surface area contributed by atoms with Crippen LogP contribution in [-0.4, -0.2) is 31.9 Å². The molecule has 0 saturated carbocycles. The minimum Gasteiger partial charge on any atom is -0.443 e. The van der Waals surface area contributed by atoms with Gasteiger partial charge in [0.1, 0.15) is 23.2 Å². The number of rotatable bonds is 5. The van der Waals surface area contributed by atoms with Crippen molar-refractivity contribution in [2.24, 2.45) is 0 Å². The number of benzene rings is 2. The lowest BCUT2D eigenvalue weighted by molar-refractivity contribution is -0.113. The molecular weight excluding hydrogens is 383 g/mol. The predicted molar refractivity (Wildman–Crippen MR) is 99.4 cm³/mol. The minimum absolute atomic E-state index is 0.0138. The summed E-state index contributed by atoms with van der Waals surface area (Å²) < 4.78 is 20.2. The first kappa shape index (κ1) is 17.7. The van der Waals surface area contributed by atoms with Crippen molar-refractivity contribution in [1.82, 2.24) is 20.2 Å². The average Bonchev–Trinajstić information content (AvgIpc) is 3.31. The molecule has 10 heteroatoms. The first-order valence-corrected chi connectivity index (χ1v) is 9.03. The number of anilines is 1. The third-order valence-corrected chi connectivity index (χ3v) is 4.71. The number of nitrogens with zero attached hydrogens (tertiary/aromatic N) is 5. The van der Waals surface area contributed by atoms with E-state index in [0.717, 1.165) is 11.8 Å². The lowest BCUT2D eigenvalue weighted by Gasteiger charge is -2.05. The number of hydrogen-bond donors (Lipinski definition) is 1. The van der Waals surface area contributed by atoms with E-state index in [9.17, 15) is 14.4 Å². The van der Waals surface area contributed by atoms with Gasteiger partial charge in [0.05, 0.1) is 11.4 Å². The Bertz CT molecular complexity index is 1210. The predicted octanol–water partition coefficient (Wildman–Crippen LogP) is 3.15. The molecule has 0 bridgehead atoms. The molecule has 0 spiro atoms. The summed E-state index contributed by atoms with van der Waals surface area (Å²) in [7, 11) is 0. The molecule has 0 aliphatic heterocycles. The molecule has 2 heterocycles. The van der Waals surface area contributed by atoms with E-state index < -0.39 is 5.82 Å². The molecule has 0 unspecified atom stereocenters. The molecule has 4 aromatic rings. The summed E-state index contributed by atoms with van der Waals surface area (Å²) in [4.78, 5) is 12.4. The normalized spacial score (nSPS) is 10.7. The highest BCUT2D eigenvalue weighted by atomic mass is 32.2. The molecule has 28 heavy (non-hydrogen) atoms. The number of thioether (sulfide) groups is 1. The Morgan fingerprint density at radius 3 is 2.96 bits per heavy atom. The highest BCUT2D eigenvalue weighted by Crippen LogP contribution is 2.30. The number of tetrazole rings is 1. The largest absolute Gasteiger partial charge is 0.443 e. The van der Waals surface area contributed by atoms with E-state index >= 15 is 0 Å². The van der Waals surface area contributed by atoms with Crippen LogP contribution in [0.3, 0.4) is 0 Å². The maximum atomic E-state index is 13.4. The zero-order valence-corrected chi connectivity index (χ0v) is 15.0. The summed E-state index contributed by atoms with van der Waals surface area (Å²) in [5.41, 5.74) is 1.28. The van der Waals surface area contributed by atoms with E-state index in [1.54, 1.807) is 36.4 Å². The highest BCUT2D eigenvalue weighted by Gasteiger charge is 2.17. The van der Waals surface area contributed by atoms with Gasteiger partial charge < -0.3 is 9.73 Å². The molecule has 2 aromatic carbocycles. The number of carbonyl (C=O) groups excluding carboxylic acids is 1. The van der Waals surface area contributed by atoms with Crippen LogP contribution in [0, 0.1) is 17.1 Å². The number of fused-ring (bicyclic) bond motifs is 1. The van der Waals surface area contributed by atoms with E-state index in [4.69, 9.17) is 4.42 Å². The Morgan fingerprint density at radius 2 is 2.14 bits per heavy atom. The topological polar surface area (TPSA) is 110 Å². The average molecular weight is 394 g/mol. The number of aromatic nitrogens is 4. The Balaban J connectivity index is 1.50. The van der Waals surface area contributed by atoms with E-state index in [1.807, 2.05) is 6.07 Å². The molecule has 1 amide bonds. The van der Waals surface area contributed by atoms with Crippen molar-refractivity contribution < 1.29 is 13.6 Å². The van der Waals surface area contributed by atoms with Gasteiger partial charge in [-0.25, -0.2) is 4.39 Å². The van der Waals surface area contributed by atoms with Gasteiger partial charge >= 0.3 is 0 Å². The summed E-state index contributed by atoms with van der Waals surface area (Å²) >= 11 is 1.08. The monoisotopic (exact) mass is 394 g/mol. The number of carbonyl (C=O) groups is 1. The van der Waals surface area contributed by atoms with Crippen LogP contribution in [0.1, 0.15) is 5.76 Å². The van der Waals surface area contributed by atoms with Crippen LogP contribution in [-0.2, 0) is 4.79 Å². The second-order valence-corrected chi connectivity index (χ2v) is 6.55. The van der Waals surface area contributed by atoms with Crippen LogP contribution in [0.25, 0.3) is 16.7 Å². The van der Waals surface area contributed by atoms with Crippen molar-refractivity contribution in [1.29, 1.82) is 5.26 Å². The summed E-state index contributed by atoms with van der Waals surface area (Å²) in [5.74, 6) is -0.761. The van der Waals surface area contributed by atoms with Gasteiger partial charge in [0, 0.05) is 5.39 Å². The third kappa shape index (κ3) is 3.43. The van der Waals surface area contributed by atoms with Gasteiger partial charge in [0.15, 0.2) is 0 Å². The van der Waals surface area contributed by atoms with E-state index in [0.29, 0.717) is 27.5 Å². The number of nitriles is 1. The number of furan rings is 1. The maximum Gasteiger partial charge on any atom is 0.234 e. The first-order chi connectivity index (χ1) is 13.7. The van der Waals surface area contributed by atoms with Gasteiger partial charge in [-0.3, -0.25) is 4.79 Å². The fourth-order valence-corrected chi connectivity index (χ4v) is 3.28. The van der Waals surface area contributed by atoms with Crippen LogP contribution in [0.5, 0.6) is 0 Å². The molecule has 1 N–H and O–H groups in total. The number of amides is 1. The second-order valence-electron chi connectivity index (χ2n) is 5.60. The van der Waals surface area contributed by atoms with Gasteiger partial charge in [-0.05, 0) is 40.8 Å². The van der Waals surface area contributed by atoms with Crippen LogP contribution >= 0.6 is 11.8 Å². The van der Waals surface area contributed by atoms with E-state index in [-0.39, 0.29) is 17.4 Å². The molecule has 2 aromatic heterocycles. The number of para-hydroxylation sites is 1. The van der Waals surface area contributed by atoms with Crippen molar-refractivity contribution in [2.45, 2.75) is 5.16 Å². The lowest BCUT2D eigenvalue weighted by atomic mass is 10.2. The second kappa shape index (κ2) is 7.50. The Labute approximate surface area is 161 Å². The van der Waals surface area contributed by atoms with E-state index in [1.165, 1.54) is 16.8 Å². The molecule has 0 aliphatic rings. The zero-order chi connectivity index (χ0) is 19.5. The fraction of sp³-hybridized carbons (Fsp3) is 0.0556. The minimum atomic E-state index is -0.419. The molecule has 0 aliphatic carbocycles. The molecule has 0 radical (unpaired) electrons. The third-order valence-electron chi connectivity index (χ3n) is 3.79. The molecular formula is C18H11FN6O2S. The number of hydrogen-bond acceptors (Lipinski definition) is 7. The summed E-state index contributed by atoms with van der Waals surface area (Å²) in [5, 5.41) is 24.2. The molecule has 0 fully saturated rings. The van der Waals surface area contributed by atoms with Crippen LogP contribution < -0.4 is 5.32 Å². The van der Waals surface area contributed by atoms with Crippen LogP contribution in [0.15, 0.2) is 58.1 Å².